The monoisotopic (exact) mass is 303 g/mol. The van der Waals surface area contributed by atoms with E-state index < -0.39 is 0 Å². The molecule has 0 spiro atoms. The lowest BCUT2D eigenvalue weighted by Gasteiger charge is -2.17. The van der Waals surface area contributed by atoms with E-state index in [4.69, 9.17) is 4.74 Å². The van der Waals surface area contributed by atoms with Gasteiger partial charge in [0.15, 0.2) is 0 Å². The number of ether oxygens (including phenoxy) is 1. The van der Waals surface area contributed by atoms with E-state index in [1.54, 1.807) is 18.9 Å². The summed E-state index contributed by atoms with van der Waals surface area (Å²) in [4.78, 5) is 1.26. The van der Waals surface area contributed by atoms with Crippen LogP contribution in [0.2, 0.25) is 0 Å². The topological polar surface area (TPSA) is 41.5 Å². The Kier molecular flexibility index (Phi) is 5.53. The normalized spacial score (nSPS) is 12.0. The standard InChI is InChI=1S/C17H21NO2S/c1-12(13-4-7-16(21-3)8-5-13)18-15-6-9-17(20-2)14(10-15)11-19/h4-10,12,18-19H,11H2,1-3H3. The van der Waals surface area contributed by atoms with Crippen LogP contribution in [-0.4, -0.2) is 18.5 Å². The minimum absolute atomic E-state index is 0.0322. The van der Waals surface area contributed by atoms with E-state index in [9.17, 15) is 5.11 Å². The van der Waals surface area contributed by atoms with Crippen LogP contribution < -0.4 is 10.1 Å². The fourth-order valence-electron chi connectivity index (χ4n) is 2.22. The van der Waals surface area contributed by atoms with Crippen molar-refractivity contribution >= 4 is 17.4 Å². The molecule has 4 heteroatoms. The van der Waals surface area contributed by atoms with E-state index in [2.05, 4.69) is 42.8 Å². The van der Waals surface area contributed by atoms with Crippen LogP contribution in [0.5, 0.6) is 5.75 Å². The molecule has 112 valence electrons. The first kappa shape index (κ1) is 15.7. The molecule has 21 heavy (non-hydrogen) atoms. The van der Waals surface area contributed by atoms with Crippen LogP contribution in [-0.2, 0) is 6.61 Å². The zero-order chi connectivity index (χ0) is 15.2. The molecule has 2 aromatic carbocycles. The summed E-state index contributed by atoms with van der Waals surface area (Å²) in [5.41, 5.74) is 2.99. The second-order valence-electron chi connectivity index (χ2n) is 4.82. The predicted octanol–water partition coefficient (Wildman–Crippen LogP) is 4.08. The Bertz CT molecular complexity index is 584. The number of benzene rings is 2. The number of methoxy groups -OCH3 is 1. The summed E-state index contributed by atoms with van der Waals surface area (Å²) < 4.78 is 5.22. The van der Waals surface area contributed by atoms with Crippen molar-refractivity contribution in [2.45, 2.75) is 24.5 Å². The molecule has 0 aliphatic carbocycles. The number of thioether (sulfide) groups is 1. The third-order valence-electron chi connectivity index (χ3n) is 3.45. The lowest BCUT2D eigenvalue weighted by molar-refractivity contribution is 0.274. The van der Waals surface area contributed by atoms with Gasteiger partial charge in [-0.1, -0.05) is 12.1 Å². The van der Waals surface area contributed by atoms with E-state index in [1.807, 2.05) is 18.2 Å². The number of hydrogen-bond acceptors (Lipinski definition) is 4. The molecule has 0 aromatic heterocycles. The van der Waals surface area contributed by atoms with Gasteiger partial charge in [0.1, 0.15) is 5.75 Å². The molecule has 1 atom stereocenters. The molecule has 2 N–H and O–H groups in total. The Morgan fingerprint density at radius 1 is 1.19 bits per heavy atom. The Morgan fingerprint density at radius 3 is 2.48 bits per heavy atom. The van der Waals surface area contributed by atoms with Crippen LogP contribution in [0.1, 0.15) is 24.1 Å². The first-order valence-corrected chi connectivity index (χ1v) is 8.08. The molecule has 1 unspecified atom stereocenters. The molecule has 0 bridgehead atoms. The fraction of sp³-hybridized carbons (Fsp3) is 0.294. The Balaban J connectivity index is 2.12. The van der Waals surface area contributed by atoms with Gasteiger partial charge in [0, 0.05) is 22.2 Å². The first-order chi connectivity index (χ1) is 10.2. The summed E-state index contributed by atoms with van der Waals surface area (Å²) >= 11 is 1.74. The van der Waals surface area contributed by atoms with Gasteiger partial charge in [0.2, 0.25) is 0 Å². The maximum Gasteiger partial charge on any atom is 0.124 e. The van der Waals surface area contributed by atoms with Gasteiger partial charge in [-0.05, 0) is 49.1 Å². The highest BCUT2D eigenvalue weighted by molar-refractivity contribution is 7.98. The number of aliphatic hydroxyl groups is 1. The van der Waals surface area contributed by atoms with Gasteiger partial charge in [-0.15, -0.1) is 11.8 Å². The Hall–Kier alpha value is -1.65. The Labute approximate surface area is 130 Å². The average Bonchev–Trinajstić information content (AvgIpc) is 2.54. The third-order valence-corrected chi connectivity index (χ3v) is 4.19. The van der Waals surface area contributed by atoms with Crippen molar-refractivity contribution in [3.8, 4) is 5.75 Å². The van der Waals surface area contributed by atoms with Crippen LogP contribution in [0.3, 0.4) is 0 Å². The minimum atomic E-state index is -0.0322. The fourth-order valence-corrected chi connectivity index (χ4v) is 2.63. The average molecular weight is 303 g/mol. The molecule has 0 saturated heterocycles. The van der Waals surface area contributed by atoms with Crippen LogP contribution >= 0.6 is 11.8 Å². The quantitative estimate of drug-likeness (QED) is 0.789. The molecule has 0 aliphatic rings. The summed E-state index contributed by atoms with van der Waals surface area (Å²) in [6.07, 6.45) is 2.07. The lowest BCUT2D eigenvalue weighted by Crippen LogP contribution is -2.07. The van der Waals surface area contributed by atoms with Crippen LogP contribution in [0.15, 0.2) is 47.4 Å². The second kappa shape index (κ2) is 7.38. The van der Waals surface area contributed by atoms with Crippen LogP contribution in [0.25, 0.3) is 0 Å². The molecule has 0 radical (unpaired) electrons. The molecule has 2 aromatic rings. The minimum Gasteiger partial charge on any atom is -0.496 e. The summed E-state index contributed by atoms with van der Waals surface area (Å²) in [5.74, 6) is 0.708. The molecule has 3 nitrogen and oxygen atoms in total. The van der Waals surface area contributed by atoms with Crippen molar-refractivity contribution in [1.29, 1.82) is 0 Å². The summed E-state index contributed by atoms with van der Waals surface area (Å²) in [5, 5.41) is 12.8. The summed E-state index contributed by atoms with van der Waals surface area (Å²) in [6.45, 7) is 2.09. The zero-order valence-corrected chi connectivity index (χ0v) is 13.4. The van der Waals surface area contributed by atoms with Gasteiger partial charge in [-0.3, -0.25) is 0 Å². The molecule has 0 aliphatic heterocycles. The zero-order valence-electron chi connectivity index (χ0n) is 12.6. The van der Waals surface area contributed by atoms with E-state index in [0.717, 1.165) is 11.3 Å². The smallest absolute Gasteiger partial charge is 0.124 e. The molecule has 0 amide bonds. The first-order valence-electron chi connectivity index (χ1n) is 6.86. The van der Waals surface area contributed by atoms with Crippen molar-refractivity contribution < 1.29 is 9.84 Å². The van der Waals surface area contributed by atoms with Crippen LogP contribution in [0, 0.1) is 0 Å². The van der Waals surface area contributed by atoms with Crippen molar-refractivity contribution in [3.05, 3.63) is 53.6 Å². The van der Waals surface area contributed by atoms with Crippen molar-refractivity contribution in [2.24, 2.45) is 0 Å². The summed E-state index contributed by atoms with van der Waals surface area (Å²) in [6, 6.07) is 14.5. The molecule has 2 rings (SSSR count). The van der Waals surface area contributed by atoms with Gasteiger partial charge in [0.05, 0.1) is 13.7 Å². The van der Waals surface area contributed by atoms with Gasteiger partial charge in [-0.25, -0.2) is 0 Å². The second-order valence-corrected chi connectivity index (χ2v) is 5.70. The molecule has 0 fully saturated rings. The van der Waals surface area contributed by atoms with Gasteiger partial charge < -0.3 is 15.2 Å². The largest absolute Gasteiger partial charge is 0.496 e. The van der Waals surface area contributed by atoms with Crippen molar-refractivity contribution in [3.63, 3.8) is 0 Å². The van der Waals surface area contributed by atoms with Gasteiger partial charge in [-0.2, -0.15) is 0 Å². The Morgan fingerprint density at radius 2 is 1.90 bits per heavy atom. The maximum absolute atomic E-state index is 9.37. The molecule has 0 heterocycles. The number of anilines is 1. The summed E-state index contributed by atoms with van der Waals surface area (Å²) in [7, 11) is 1.61. The SMILES string of the molecule is COc1ccc(NC(C)c2ccc(SC)cc2)cc1CO. The van der Waals surface area contributed by atoms with E-state index >= 15 is 0 Å². The predicted molar refractivity (Wildman–Crippen MR) is 89.2 cm³/mol. The van der Waals surface area contributed by atoms with Crippen LogP contribution in [0.4, 0.5) is 5.69 Å². The molecular weight excluding hydrogens is 282 g/mol. The van der Waals surface area contributed by atoms with E-state index in [0.29, 0.717) is 5.75 Å². The highest BCUT2D eigenvalue weighted by Gasteiger charge is 2.08. The highest BCUT2D eigenvalue weighted by Crippen LogP contribution is 2.26. The van der Waals surface area contributed by atoms with Crippen molar-refractivity contribution in [1.82, 2.24) is 0 Å². The van der Waals surface area contributed by atoms with E-state index in [1.165, 1.54) is 10.5 Å². The van der Waals surface area contributed by atoms with Crippen molar-refractivity contribution in [2.75, 3.05) is 18.7 Å². The number of rotatable bonds is 6. The van der Waals surface area contributed by atoms with Gasteiger partial charge in [0.25, 0.3) is 0 Å². The third kappa shape index (κ3) is 3.93. The highest BCUT2D eigenvalue weighted by atomic mass is 32.2. The maximum atomic E-state index is 9.37. The molecule has 0 saturated carbocycles. The van der Waals surface area contributed by atoms with E-state index in [-0.39, 0.29) is 12.6 Å². The number of hydrogen-bond donors (Lipinski definition) is 2. The molecular formula is C17H21NO2S. The lowest BCUT2D eigenvalue weighted by atomic mass is 10.1. The number of nitrogens with one attached hydrogen (secondary N) is 1. The number of aliphatic hydroxyl groups excluding tert-OH is 1. The van der Waals surface area contributed by atoms with Gasteiger partial charge >= 0.3 is 0 Å².